The molecule has 1 atom stereocenters. The Morgan fingerprint density at radius 3 is 3.12 bits per heavy atom. The Morgan fingerprint density at radius 2 is 2.38 bits per heavy atom. The molecule has 0 saturated carbocycles. The summed E-state index contributed by atoms with van der Waals surface area (Å²) in [5.74, 6) is 0.724. The topological polar surface area (TPSA) is 24.9 Å². The molecule has 0 aromatic carbocycles. The third-order valence-corrected chi connectivity index (χ3v) is 3.24. The van der Waals surface area contributed by atoms with E-state index in [9.17, 15) is 0 Å². The molecule has 16 heavy (non-hydrogen) atoms. The molecule has 0 bridgehead atoms. The van der Waals surface area contributed by atoms with Crippen LogP contribution >= 0.6 is 11.6 Å². The first-order valence-corrected chi connectivity index (χ1v) is 6.14. The van der Waals surface area contributed by atoms with Crippen molar-refractivity contribution in [3.8, 4) is 0 Å². The summed E-state index contributed by atoms with van der Waals surface area (Å²) in [7, 11) is 0. The van der Waals surface area contributed by atoms with Gasteiger partial charge in [0.15, 0.2) is 5.15 Å². The number of allylic oxidation sites excluding steroid dienone is 2. The van der Waals surface area contributed by atoms with Crippen molar-refractivity contribution in [1.82, 2.24) is 4.98 Å². The first-order valence-electron chi connectivity index (χ1n) is 5.76. The Kier molecular flexibility index (Phi) is 3.83. The van der Waals surface area contributed by atoms with Crippen LogP contribution in [0.3, 0.4) is 0 Å². The van der Waals surface area contributed by atoms with Gasteiger partial charge in [-0.1, -0.05) is 23.8 Å². The minimum Gasteiger partial charge on any atom is -0.382 e. The van der Waals surface area contributed by atoms with Crippen LogP contribution in [0.1, 0.15) is 24.8 Å². The van der Waals surface area contributed by atoms with Crippen LogP contribution in [0, 0.1) is 12.8 Å². The maximum Gasteiger partial charge on any atom is 0.152 e. The molecule has 86 valence electrons. The fraction of sp³-hybridized carbons (Fsp3) is 0.462. The van der Waals surface area contributed by atoms with Crippen LogP contribution in [0.2, 0.25) is 5.15 Å². The van der Waals surface area contributed by atoms with Crippen molar-refractivity contribution in [2.24, 2.45) is 5.92 Å². The van der Waals surface area contributed by atoms with Crippen molar-refractivity contribution < 1.29 is 0 Å². The lowest BCUT2D eigenvalue weighted by atomic mass is 9.94. The summed E-state index contributed by atoms with van der Waals surface area (Å²) in [4.78, 5) is 4.13. The Balaban J connectivity index is 1.93. The fourth-order valence-electron chi connectivity index (χ4n) is 1.97. The monoisotopic (exact) mass is 236 g/mol. The summed E-state index contributed by atoms with van der Waals surface area (Å²) in [6.07, 6.45) is 9.96. The summed E-state index contributed by atoms with van der Waals surface area (Å²) in [5.41, 5.74) is 2.09. The second-order valence-corrected chi connectivity index (χ2v) is 4.74. The number of aromatic nitrogens is 1. The number of pyridine rings is 1. The van der Waals surface area contributed by atoms with Gasteiger partial charge in [-0.2, -0.15) is 0 Å². The van der Waals surface area contributed by atoms with E-state index in [1.54, 1.807) is 6.20 Å². The van der Waals surface area contributed by atoms with Gasteiger partial charge in [-0.3, -0.25) is 0 Å². The summed E-state index contributed by atoms with van der Waals surface area (Å²) in [6.45, 7) is 3.01. The number of anilines is 1. The molecular formula is C13H17ClN2. The predicted molar refractivity (Wildman–Crippen MR) is 69.0 cm³/mol. The minimum absolute atomic E-state index is 0.567. The molecule has 0 fully saturated rings. The van der Waals surface area contributed by atoms with Crippen LogP contribution in [-0.4, -0.2) is 11.5 Å². The zero-order valence-corrected chi connectivity index (χ0v) is 10.3. The number of rotatable bonds is 3. The van der Waals surface area contributed by atoms with Gasteiger partial charge in [0, 0.05) is 12.7 Å². The quantitative estimate of drug-likeness (QED) is 0.638. The Labute approximate surface area is 102 Å². The molecule has 1 heterocycles. The van der Waals surface area contributed by atoms with Gasteiger partial charge in [-0.25, -0.2) is 4.98 Å². The molecule has 1 aliphatic rings. The number of hydrogen-bond donors (Lipinski definition) is 1. The number of hydrogen-bond acceptors (Lipinski definition) is 2. The zero-order chi connectivity index (χ0) is 11.4. The molecule has 1 aromatic heterocycles. The molecule has 0 aliphatic heterocycles. The van der Waals surface area contributed by atoms with Gasteiger partial charge in [0.05, 0.1) is 5.69 Å². The molecular weight excluding hydrogens is 220 g/mol. The largest absolute Gasteiger partial charge is 0.382 e. The third-order valence-electron chi connectivity index (χ3n) is 2.93. The summed E-state index contributed by atoms with van der Waals surface area (Å²) >= 11 is 6.03. The van der Waals surface area contributed by atoms with E-state index in [0.29, 0.717) is 5.15 Å². The summed E-state index contributed by atoms with van der Waals surface area (Å²) in [6, 6.07) is 2.05. The highest BCUT2D eigenvalue weighted by Gasteiger charge is 2.10. The van der Waals surface area contributed by atoms with E-state index in [2.05, 4.69) is 22.5 Å². The van der Waals surface area contributed by atoms with Crippen LogP contribution in [0.25, 0.3) is 0 Å². The number of halogens is 1. The molecule has 0 saturated heterocycles. The maximum absolute atomic E-state index is 6.03. The Hall–Kier alpha value is -1.02. The molecule has 0 radical (unpaired) electrons. The first-order chi connectivity index (χ1) is 7.75. The van der Waals surface area contributed by atoms with Crippen LogP contribution in [-0.2, 0) is 0 Å². The van der Waals surface area contributed by atoms with E-state index in [4.69, 9.17) is 11.6 Å². The molecule has 2 nitrogen and oxygen atoms in total. The standard InChI is InChI=1S/C13H17ClN2/c1-10-7-12(13(14)16-8-10)15-9-11-5-3-2-4-6-11/h2-3,7-8,11,15H,4-6,9H2,1H3. The predicted octanol–water partition coefficient (Wildman–Crippen LogP) is 3.81. The molecule has 1 N–H and O–H groups in total. The van der Waals surface area contributed by atoms with E-state index in [1.807, 2.05) is 13.0 Å². The second kappa shape index (κ2) is 5.35. The van der Waals surface area contributed by atoms with Crippen LogP contribution < -0.4 is 5.32 Å². The molecule has 0 spiro atoms. The highest BCUT2D eigenvalue weighted by atomic mass is 35.5. The van der Waals surface area contributed by atoms with Crippen molar-refractivity contribution >= 4 is 17.3 Å². The number of nitrogens with one attached hydrogen (secondary N) is 1. The lowest BCUT2D eigenvalue weighted by Gasteiger charge is -2.19. The van der Waals surface area contributed by atoms with E-state index in [0.717, 1.165) is 23.7 Å². The average Bonchev–Trinajstić information content (AvgIpc) is 2.32. The molecule has 0 amide bonds. The van der Waals surface area contributed by atoms with Crippen molar-refractivity contribution in [1.29, 1.82) is 0 Å². The van der Waals surface area contributed by atoms with E-state index >= 15 is 0 Å². The number of nitrogens with zero attached hydrogens (tertiary/aromatic N) is 1. The molecule has 1 unspecified atom stereocenters. The van der Waals surface area contributed by atoms with E-state index < -0.39 is 0 Å². The van der Waals surface area contributed by atoms with Crippen molar-refractivity contribution in [2.45, 2.75) is 26.2 Å². The van der Waals surface area contributed by atoms with Gasteiger partial charge in [0.25, 0.3) is 0 Å². The molecule has 1 aliphatic carbocycles. The van der Waals surface area contributed by atoms with Crippen molar-refractivity contribution in [2.75, 3.05) is 11.9 Å². The minimum atomic E-state index is 0.567. The Bertz CT molecular complexity index is 388. The average molecular weight is 237 g/mol. The second-order valence-electron chi connectivity index (χ2n) is 4.38. The maximum atomic E-state index is 6.03. The van der Waals surface area contributed by atoms with Gasteiger partial charge in [-0.15, -0.1) is 0 Å². The van der Waals surface area contributed by atoms with Crippen LogP contribution in [0.4, 0.5) is 5.69 Å². The van der Waals surface area contributed by atoms with Crippen LogP contribution in [0.15, 0.2) is 24.4 Å². The smallest absolute Gasteiger partial charge is 0.152 e. The van der Waals surface area contributed by atoms with Gasteiger partial charge < -0.3 is 5.32 Å². The highest BCUT2D eigenvalue weighted by Crippen LogP contribution is 2.23. The van der Waals surface area contributed by atoms with Crippen LogP contribution in [0.5, 0.6) is 0 Å². The lowest BCUT2D eigenvalue weighted by molar-refractivity contribution is 0.504. The first kappa shape index (κ1) is 11.5. The van der Waals surface area contributed by atoms with Gasteiger partial charge in [-0.05, 0) is 43.7 Å². The van der Waals surface area contributed by atoms with E-state index in [-0.39, 0.29) is 0 Å². The SMILES string of the molecule is Cc1cnc(Cl)c(NCC2CC=CCC2)c1. The van der Waals surface area contributed by atoms with Crippen molar-refractivity contribution in [3.05, 3.63) is 35.1 Å². The summed E-state index contributed by atoms with van der Waals surface area (Å²) in [5, 5.41) is 3.96. The van der Waals surface area contributed by atoms with Gasteiger partial charge in [0.1, 0.15) is 0 Å². The lowest BCUT2D eigenvalue weighted by Crippen LogP contribution is -2.15. The highest BCUT2D eigenvalue weighted by molar-refractivity contribution is 6.31. The third kappa shape index (κ3) is 2.99. The van der Waals surface area contributed by atoms with Gasteiger partial charge >= 0.3 is 0 Å². The fourth-order valence-corrected chi connectivity index (χ4v) is 2.14. The summed E-state index contributed by atoms with van der Waals surface area (Å²) < 4.78 is 0. The van der Waals surface area contributed by atoms with Gasteiger partial charge in [0.2, 0.25) is 0 Å². The molecule has 1 aromatic rings. The zero-order valence-electron chi connectivity index (χ0n) is 9.54. The molecule has 2 rings (SSSR count). The normalized spacial score (nSPS) is 19.8. The molecule has 3 heteroatoms. The van der Waals surface area contributed by atoms with Crippen molar-refractivity contribution in [3.63, 3.8) is 0 Å². The van der Waals surface area contributed by atoms with E-state index in [1.165, 1.54) is 19.3 Å². The number of aryl methyl sites for hydroxylation is 1. The Morgan fingerprint density at radius 1 is 1.50 bits per heavy atom.